The summed E-state index contributed by atoms with van der Waals surface area (Å²) in [7, 11) is -3.69. The molecular weight excluding hydrogens is 314 g/mol. The van der Waals surface area contributed by atoms with Crippen molar-refractivity contribution in [1.29, 1.82) is 0 Å². The van der Waals surface area contributed by atoms with E-state index < -0.39 is 21.3 Å². The van der Waals surface area contributed by atoms with Gasteiger partial charge in [0.15, 0.2) is 0 Å². The van der Waals surface area contributed by atoms with Crippen molar-refractivity contribution in [2.45, 2.75) is 24.8 Å². The van der Waals surface area contributed by atoms with Crippen LogP contribution in [0.5, 0.6) is 0 Å². The quantitative estimate of drug-likeness (QED) is 0.846. The molecule has 1 unspecified atom stereocenters. The largest absolute Gasteiger partial charge is 0.369 e. The third-order valence-corrected chi connectivity index (χ3v) is 6.11. The highest BCUT2D eigenvalue weighted by Gasteiger charge is 2.43. The summed E-state index contributed by atoms with van der Waals surface area (Å²) in [4.78, 5) is 11.5. The predicted molar refractivity (Wildman–Crippen MR) is 80.0 cm³/mol. The Morgan fingerprint density at radius 3 is 2.62 bits per heavy atom. The van der Waals surface area contributed by atoms with E-state index >= 15 is 0 Å². The molecule has 21 heavy (non-hydrogen) atoms. The van der Waals surface area contributed by atoms with Crippen LogP contribution in [-0.2, 0) is 21.4 Å². The van der Waals surface area contributed by atoms with Gasteiger partial charge in [0.05, 0.1) is 10.3 Å². The van der Waals surface area contributed by atoms with Gasteiger partial charge in [-0.25, -0.2) is 8.42 Å². The molecule has 4 N–H and O–H groups in total. The Labute approximate surface area is 129 Å². The number of rotatable bonds is 4. The van der Waals surface area contributed by atoms with Gasteiger partial charge in [-0.15, -0.1) is 0 Å². The molecule has 1 fully saturated rings. The lowest BCUT2D eigenvalue weighted by molar-refractivity contribution is -0.126. The van der Waals surface area contributed by atoms with E-state index in [4.69, 9.17) is 23.1 Å². The molecule has 1 saturated heterocycles. The first-order valence-corrected chi connectivity index (χ1v) is 8.31. The maximum absolute atomic E-state index is 12.6. The van der Waals surface area contributed by atoms with Gasteiger partial charge in [-0.05, 0) is 31.0 Å². The first-order valence-electron chi connectivity index (χ1n) is 6.49. The van der Waals surface area contributed by atoms with Gasteiger partial charge < -0.3 is 11.5 Å². The van der Waals surface area contributed by atoms with Crippen LogP contribution in [-0.4, -0.2) is 31.7 Å². The smallest absolute Gasteiger partial charge is 0.243 e. The van der Waals surface area contributed by atoms with Crippen LogP contribution in [0.15, 0.2) is 23.1 Å². The molecule has 1 aliphatic rings. The molecular formula is C13H18ClN3O3S. The molecule has 0 aromatic heterocycles. The van der Waals surface area contributed by atoms with Gasteiger partial charge in [0, 0.05) is 24.7 Å². The number of primary amides is 1. The normalized spacial score (nSPS) is 23.4. The summed E-state index contributed by atoms with van der Waals surface area (Å²) in [5.41, 5.74) is 10.7. The van der Waals surface area contributed by atoms with Gasteiger partial charge in [-0.1, -0.05) is 17.7 Å². The van der Waals surface area contributed by atoms with Crippen molar-refractivity contribution in [3.8, 4) is 0 Å². The molecule has 6 nitrogen and oxygen atoms in total. The number of nitrogens with zero attached hydrogens (tertiary/aromatic N) is 1. The van der Waals surface area contributed by atoms with Gasteiger partial charge in [0.25, 0.3) is 0 Å². The average molecular weight is 332 g/mol. The van der Waals surface area contributed by atoms with Crippen LogP contribution < -0.4 is 11.5 Å². The summed E-state index contributed by atoms with van der Waals surface area (Å²) in [6.45, 7) is 2.26. The second kappa shape index (κ2) is 5.57. The highest BCUT2D eigenvalue weighted by molar-refractivity contribution is 7.89. The maximum Gasteiger partial charge on any atom is 0.243 e. The molecule has 0 bridgehead atoms. The van der Waals surface area contributed by atoms with Gasteiger partial charge in [-0.3, -0.25) is 4.79 Å². The van der Waals surface area contributed by atoms with Gasteiger partial charge in [0.2, 0.25) is 15.9 Å². The van der Waals surface area contributed by atoms with E-state index in [9.17, 15) is 13.2 Å². The number of nitrogens with two attached hydrogens (primary N) is 2. The van der Waals surface area contributed by atoms with E-state index in [1.54, 1.807) is 13.0 Å². The number of carbonyl (C=O) groups excluding carboxylic acids is 1. The monoisotopic (exact) mass is 331 g/mol. The van der Waals surface area contributed by atoms with Crippen LogP contribution in [0.3, 0.4) is 0 Å². The van der Waals surface area contributed by atoms with Crippen LogP contribution in [0.25, 0.3) is 0 Å². The third-order valence-electron chi connectivity index (χ3n) is 3.92. The number of hydrogen-bond acceptors (Lipinski definition) is 4. The van der Waals surface area contributed by atoms with Gasteiger partial charge in [-0.2, -0.15) is 4.31 Å². The number of carbonyl (C=O) groups is 1. The van der Waals surface area contributed by atoms with Crippen molar-refractivity contribution in [2.24, 2.45) is 16.9 Å². The molecule has 0 aliphatic carbocycles. The summed E-state index contributed by atoms with van der Waals surface area (Å²) in [6.07, 6.45) is 0.413. The first kappa shape index (κ1) is 16.2. The van der Waals surface area contributed by atoms with Crippen molar-refractivity contribution in [3.05, 3.63) is 28.8 Å². The van der Waals surface area contributed by atoms with E-state index in [0.717, 1.165) is 0 Å². The second-order valence-electron chi connectivity index (χ2n) is 5.47. The molecule has 1 aliphatic heterocycles. The summed E-state index contributed by atoms with van der Waals surface area (Å²) in [6, 6.07) is 4.46. The minimum absolute atomic E-state index is 0.0843. The lowest BCUT2D eigenvalue weighted by Crippen LogP contribution is -2.38. The Morgan fingerprint density at radius 2 is 2.14 bits per heavy atom. The zero-order chi connectivity index (χ0) is 15.8. The topological polar surface area (TPSA) is 106 Å². The summed E-state index contributed by atoms with van der Waals surface area (Å²) >= 11 is 6.01. The van der Waals surface area contributed by atoms with E-state index in [2.05, 4.69) is 0 Å². The molecule has 1 aromatic carbocycles. The Balaban J connectivity index is 2.32. The van der Waals surface area contributed by atoms with Crippen LogP contribution in [0.2, 0.25) is 5.02 Å². The van der Waals surface area contributed by atoms with Crippen LogP contribution >= 0.6 is 11.6 Å². The molecule has 1 atom stereocenters. The number of amides is 1. The SMILES string of the molecule is CC1(C(N)=O)CCN(S(=O)(=O)c2ccc(CN)c(Cl)c2)C1. The fourth-order valence-corrected chi connectivity index (χ4v) is 4.24. The van der Waals surface area contributed by atoms with E-state index in [1.807, 2.05) is 0 Å². The number of halogens is 1. The Hall–Kier alpha value is -1.15. The fraction of sp³-hybridized carbons (Fsp3) is 0.462. The Morgan fingerprint density at radius 1 is 1.48 bits per heavy atom. The van der Waals surface area contributed by atoms with Crippen LogP contribution in [0, 0.1) is 5.41 Å². The molecule has 0 radical (unpaired) electrons. The van der Waals surface area contributed by atoms with Crippen molar-refractivity contribution >= 4 is 27.5 Å². The van der Waals surface area contributed by atoms with Crippen molar-refractivity contribution < 1.29 is 13.2 Å². The van der Waals surface area contributed by atoms with Gasteiger partial charge in [0.1, 0.15) is 0 Å². The van der Waals surface area contributed by atoms with Crippen LogP contribution in [0.4, 0.5) is 0 Å². The lowest BCUT2D eigenvalue weighted by atomic mass is 9.89. The van der Waals surface area contributed by atoms with E-state index in [0.29, 0.717) is 17.0 Å². The molecule has 1 heterocycles. The predicted octanol–water partition coefficient (Wildman–Crippen LogP) is 0.685. The summed E-state index contributed by atoms with van der Waals surface area (Å²) < 4.78 is 26.4. The highest BCUT2D eigenvalue weighted by atomic mass is 35.5. The Bertz CT molecular complexity index is 677. The molecule has 1 amide bonds. The molecule has 1 aromatic rings. The molecule has 0 saturated carbocycles. The van der Waals surface area contributed by atoms with Crippen molar-refractivity contribution in [1.82, 2.24) is 4.31 Å². The lowest BCUT2D eigenvalue weighted by Gasteiger charge is -2.21. The molecule has 2 rings (SSSR count). The molecule has 0 spiro atoms. The van der Waals surface area contributed by atoms with Crippen molar-refractivity contribution in [3.63, 3.8) is 0 Å². The zero-order valence-electron chi connectivity index (χ0n) is 11.7. The summed E-state index contributed by atoms with van der Waals surface area (Å²) in [5.74, 6) is -0.489. The average Bonchev–Trinajstić information content (AvgIpc) is 2.83. The Kier molecular flexibility index (Phi) is 4.30. The molecule has 116 valence electrons. The summed E-state index contributed by atoms with van der Waals surface area (Å²) in [5, 5.41) is 0.315. The zero-order valence-corrected chi connectivity index (χ0v) is 13.2. The van der Waals surface area contributed by atoms with Gasteiger partial charge >= 0.3 is 0 Å². The van der Waals surface area contributed by atoms with E-state index in [-0.39, 0.29) is 24.5 Å². The number of hydrogen-bond donors (Lipinski definition) is 2. The fourth-order valence-electron chi connectivity index (χ4n) is 2.33. The minimum Gasteiger partial charge on any atom is -0.369 e. The number of sulfonamides is 1. The van der Waals surface area contributed by atoms with Crippen LogP contribution in [0.1, 0.15) is 18.9 Å². The number of benzene rings is 1. The first-order chi connectivity index (χ1) is 9.70. The highest BCUT2D eigenvalue weighted by Crippen LogP contribution is 2.34. The van der Waals surface area contributed by atoms with E-state index in [1.165, 1.54) is 16.4 Å². The van der Waals surface area contributed by atoms with Crippen molar-refractivity contribution in [2.75, 3.05) is 13.1 Å². The minimum atomic E-state index is -3.69. The second-order valence-corrected chi connectivity index (χ2v) is 7.82. The standard InChI is InChI=1S/C13H18ClN3O3S/c1-13(12(16)18)4-5-17(8-13)21(19,20)10-3-2-9(7-15)11(14)6-10/h2-3,6H,4-5,7-8,15H2,1H3,(H2,16,18). The third kappa shape index (κ3) is 2.91. The molecule has 8 heteroatoms. The maximum atomic E-state index is 12.6.